The molecule has 0 bridgehead atoms. The highest BCUT2D eigenvalue weighted by Crippen LogP contribution is 2.37. The quantitative estimate of drug-likeness (QED) is 0.712. The summed E-state index contributed by atoms with van der Waals surface area (Å²) >= 11 is 17.7. The molecular formula is C15H12Cl3NO4S. The molecule has 0 fully saturated rings. The van der Waals surface area contributed by atoms with Crippen molar-refractivity contribution in [2.24, 2.45) is 0 Å². The van der Waals surface area contributed by atoms with E-state index in [1.807, 2.05) is 6.92 Å². The number of aryl methyl sites for hydroxylation is 1. The van der Waals surface area contributed by atoms with Gasteiger partial charge in [-0.3, -0.25) is 0 Å². The molecule has 0 aromatic heterocycles. The Morgan fingerprint density at radius 3 is 2.25 bits per heavy atom. The molecule has 0 unspecified atom stereocenters. The summed E-state index contributed by atoms with van der Waals surface area (Å²) in [5.74, 6) is -1.84. The van der Waals surface area contributed by atoms with Crippen molar-refractivity contribution in [2.45, 2.75) is 11.8 Å². The summed E-state index contributed by atoms with van der Waals surface area (Å²) in [6.07, 6.45) is 0. The molecule has 0 heterocycles. The van der Waals surface area contributed by atoms with Crippen LogP contribution in [0.1, 0.15) is 15.9 Å². The summed E-state index contributed by atoms with van der Waals surface area (Å²) in [7, 11) is -3.64. The average molecular weight is 409 g/mol. The molecular weight excluding hydrogens is 397 g/mol. The maximum atomic E-state index is 12.3. The number of carboxylic acids is 1. The molecule has 2 aromatic carbocycles. The minimum absolute atomic E-state index is 0.0475. The van der Waals surface area contributed by atoms with Crippen LogP contribution >= 0.6 is 34.8 Å². The number of halogens is 3. The van der Waals surface area contributed by atoms with Crippen molar-refractivity contribution in [3.05, 3.63) is 56.5 Å². The van der Waals surface area contributed by atoms with E-state index in [-0.39, 0.29) is 31.2 Å². The lowest BCUT2D eigenvalue weighted by Gasteiger charge is -2.13. The van der Waals surface area contributed by atoms with Crippen molar-refractivity contribution >= 4 is 56.3 Å². The fourth-order valence-corrected chi connectivity index (χ4v) is 3.76. The Balaban J connectivity index is 2.32. The van der Waals surface area contributed by atoms with E-state index >= 15 is 0 Å². The van der Waals surface area contributed by atoms with Crippen molar-refractivity contribution in [3.63, 3.8) is 0 Å². The van der Waals surface area contributed by atoms with Gasteiger partial charge >= 0.3 is 5.97 Å². The van der Waals surface area contributed by atoms with Gasteiger partial charge in [-0.05, 0) is 25.1 Å². The number of rotatable bonds is 5. The zero-order chi connectivity index (χ0) is 18.1. The number of aromatic carboxylic acids is 1. The minimum Gasteiger partial charge on any atom is -0.478 e. The van der Waals surface area contributed by atoms with Crippen LogP contribution in [0.15, 0.2) is 35.2 Å². The molecule has 0 atom stereocenters. The van der Waals surface area contributed by atoms with Gasteiger partial charge in [0.1, 0.15) is 11.4 Å². The van der Waals surface area contributed by atoms with Crippen LogP contribution in [0.25, 0.3) is 0 Å². The summed E-state index contributed by atoms with van der Waals surface area (Å²) in [5, 5.41) is 11.3. The molecule has 0 radical (unpaired) electrons. The second-order valence-corrected chi connectivity index (χ2v) is 8.12. The van der Waals surface area contributed by atoms with E-state index in [1.165, 1.54) is 18.2 Å². The van der Waals surface area contributed by atoms with Crippen molar-refractivity contribution in [3.8, 4) is 0 Å². The Morgan fingerprint density at radius 2 is 1.71 bits per heavy atom. The van der Waals surface area contributed by atoms with E-state index in [2.05, 4.69) is 5.32 Å². The first kappa shape index (κ1) is 18.9. The van der Waals surface area contributed by atoms with Gasteiger partial charge in [0.05, 0.1) is 25.7 Å². The normalized spacial score (nSPS) is 11.3. The van der Waals surface area contributed by atoms with E-state index in [1.54, 1.807) is 12.1 Å². The molecule has 2 N–H and O–H groups in total. The highest BCUT2D eigenvalue weighted by molar-refractivity contribution is 7.91. The monoisotopic (exact) mass is 407 g/mol. The van der Waals surface area contributed by atoms with E-state index in [0.29, 0.717) is 0 Å². The highest BCUT2D eigenvalue weighted by atomic mass is 35.5. The second-order valence-electron chi connectivity index (χ2n) is 4.96. The maximum Gasteiger partial charge on any atom is 0.338 e. The molecule has 0 aliphatic heterocycles. The summed E-state index contributed by atoms with van der Waals surface area (Å²) in [4.78, 5) is 11.4. The smallest absolute Gasteiger partial charge is 0.338 e. The van der Waals surface area contributed by atoms with Gasteiger partial charge in [-0.1, -0.05) is 52.5 Å². The summed E-state index contributed by atoms with van der Waals surface area (Å²) in [5.41, 5.74) is 0.612. The molecule has 24 heavy (non-hydrogen) atoms. The lowest BCUT2D eigenvalue weighted by Crippen LogP contribution is -2.15. The van der Waals surface area contributed by atoms with Crippen LogP contribution in [-0.2, 0) is 9.84 Å². The van der Waals surface area contributed by atoms with Crippen LogP contribution in [0.3, 0.4) is 0 Å². The second kappa shape index (κ2) is 7.19. The summed E-state index contributed by atoms with van der Waals surface area (Å²) in [6.45, 7) is 1.84. The van der Waals surface area contributed by atoms with Crippen LogP contribution in [-0.4, -0.2) is 25.4 Å². The zero-order valence-electron chi connectivity index (χ0n) is 12.3. The van der Waals surface area contributed by atoms with Gasteiger partial charge in [0, 0.05) is 0 Å². The number of hydrogen-bond acceptors (Lipinski definition) is 4. The number of nitrogens with one attached hydrogen (secondary N) is 1. The number of carbonyl (C=O) groups is 1. The number of benzene rings is 2. The van der Waals surface area contributed by atoms with E-state index in [0.717, 1.165) is 5.56 Å². The molecule has 2 rings (SSSR count). The van der Waals surface area contributed by atoms with Gasteiger partial charge in [-0.2, -0.15) is 0 Å². The first-order valence-corrected chi connectivity index (χ1v) is 9.36. The third-order valence-corrected chi connectivity index (χ3v) is 5.90. The first-order chi connectivity index (χ1) is 11.1. The Hall–Kier alpha value is -1.47. The molecule has 0 saturated carbocycles. The van der Waals surface area contributed by atoms with Gasteiger partial charge in [0.15, 0.2) is 9.84 Å². The standard InChI is InChI=1S/C15H12Cl3NO4S/c1-8-2-4-9(5-3-8)24(22,23)7-19-11-6-10(16)13(17)12(14(11)18)15(20)21/h2-6,19H,7H2,1H3,(H,20,21). The average Bonchev–Trinajstić information content (AvgIpc) is 2.50. The van der Waals surface area contributed by atoms with E-state index in [9.17, 15) is 13.2 Å². The predicted molar refractivity (Wildman–Crippen MR) is 95.3 cm³/mol. The zero-order valence-corrected chi connectivity index (χ0v) is 15.4. The van der Waals surface area contributed by atoms with Crippen LogP contribution in [0.4, 0.5) is 5.69 Å². The van der Waals surface area contributed by atoms with E-state index < -0.39 is 21.7 Å². The topological polar surface area (TPSA) is 83.5 Å². The molecule has 128 valence electrons. The maximum absolute atomic E-state index is 12.3. The van der Waals surface area contributed by atoms with Gasteiger partial charge in [-0.25, -0.2) is 13.2 Å². The van der Waals surface area contributed by atoms with Crippen LogP contribution < -0.4 is 5.32 Å². The van der Waals surface area contributed by atoms with E-state index in [4.69, 9.17) is 39.9 Å². The summed E-state index contributed by atoms with van der Waals surface area (Å²) in [6, 6.07) is 7.63. The molecule has 0 saturated heterocycles. The van der Waals surface area contributed by atoms with Gasteiger partial charge in [-0.15, -0.1) is 0 Å². The van der Waals surface area contributed by atoms with Crippen molar-refractivity contribution < 1.29 is 18.3 Å². The van der Waals surface area contributed by atoms with Crippen LogP contribution in [0.5, 0.6) is 0 Å². The Kier molecular flexibility index (Phi) is 5.65. The minimum atomic E-state index is -3.64. The predicted octanol–water partition coefficient (Wildman–Crippen LogP) is 4.50. The number of hydrogen-bond donors (Lipinski definition) is 2. The highest BCUT2D eigenvalue weighted by Gasteiger charge is 2.22. The largest absolute Gasteiger partial charge is 0.478 e. The molecule has 0 amide bonds. The summed E-state index contributed by atoms with van der Waals surface area (Å²) < 4.78 is 24.6. The Morgan fingerprint density at radius 1 is 1.12 bits per heavy atom. The lowest BCUT2D eigenvalue weighted by atomic mass is 10.2. The molecule has 2 aromatic rings. The third-order valence-electron chi connectivity index (χ3n) is 3.20. The molecule has 0 aliphatic rings. The van der Waals surface area contributed by atoms with Crippen LogP contribution in [0, 0.1) is 6.92 Å². The molecule has 0 aliphatic carbocycles. The van der Waals surface area contributed by atoms with Crippen molar-refractivity contribution in [2.75, 3.05) is 11.2 Å². The number of carboxylic acid groups (broad SMARTS) is 1. The van der Waals surface area contributed by atoms with Gasteiger partial charge in [0.2, 0.25) is 0 Å². The number of anilines is 1. The van der Waals surface area contributed by atoms with Crippen molar-refractivity contribution in [1.82, 2.24) is 0 Å². The van der Waals surface area contributed by atoms with Gasteiger partial charge < -0.3 is 10.4 Å². The fraction of sp³-hybridized carbons (Fsp3) is 0.133. The van der Waals surface area contributed by atoms with Crippen molar-refractivity contribution in [1.29, 1.82) is 0 Å². The SMILES string of the molecule is Cc1ccc(S(=O)(=O)CNc2cc(Cl)c(Cl)c(C(=O)O)c2Cl)cc1. The Labute approximate surface area is 154 Å². The van der Waals surface area contributed by atoms with Crippen LogP contribution in [0.2, 0.25) is 15.1 Å². The number of sulfone groups is 1. The first-order valence-electron chi connectivity index (χ1n) is 6.57. The van der Waals surface area contributed by atoms with Gasteiger partial charge in [0.25, 0.3) is 0 Å². The Bertz CT molecular complexity index is 896. The molecule has 0 spiro atoms. The molecule has 9 heteroatoms. The third kappa shape index (κ3) is 3.95. The molecule has 5 nitrogen and oxygen atoms in total. The lowest BCUT2D eigenvalue weighted by molar-refractivity contribution is 0.0697. The fourth-order valence-electron chi connectivity index (χ4n) is 1.92.